The zero-order valence-electron chi connectivity index (χ0n) is 11.7. The van der Waals surface area contributed by atoms with Crippen molar-refractivity contribution < 1.29 is 14.0 Å². The molecule has 21 heavy (non-hydrogen) atoms. The topological polar surface area (TPSA) is 60.6 Å². The number of piperidine rings is 1. The first-order valence-corrected chi connectivity index (χ1v) is 7.27. The maximum atomic E-state index is 5.72. The van der Waals surface area contributed by atoms with Gasteiger partial charge in [0.25, 0.3) is 0 Å². The van der Waals surface area contributed by atoms with E-state index in [0.717, 1.165) is 31.5 Å². The average Bonchev–Trinajstić information content (AvgIpc) is 3.19. The van der Waals surface area contributed by atoms with Crippen LogP contribution < -0.4 is 4.90 Å². The van der Waals surface area contributed by atoms with Crippen LogP contribution in [0.4, 0.5) is 6.01 Å². The molecule has 4 rings (SSSR count). The predicted octanol–water partition coefficient (Wildman–Crippen LogP) is 2.08. The molecule has 0 unspecified atom stereocenters. The lowest BCUT2D eigenvalue weighted by atomic mass is 10.0. The summed E-state index contributed by atoms with van der Waals surface area (Å²) in [5.41, 5.74) is 0.962. The fourth-order valence-electron chi connectivity index (χ4n) is 2.87. The highest BCUT2D eigenvalue weighted by atomic mass is 16.7. The quantitative estimate of drug-likeness (QED) is 0.843. The third-order valence-electron chi connectivity index (χ3n) is 4.06. The van der Waals surface area contributed by atoms with E-state index in [1.807, 2.05) is 30.3 Å². The maximum absolute atomic E-state index is 5.72. The van der Waals surface area contributed by atoms with Crippen LogP contribution in [-0.2, 0) is 9.47 Å². The van der Waals surface area contributed by atoms with Crippen LogP contribution in [0.2, 0.25) is 0 Å². The Labute approximate surface area is 122 Å². The van der Waals surface area contributed by atoms with Gasteiger partial charge in [0, 0.05) is 31.5 Å². The van der Waals surface area contributed by atoms with Crippen LogP contribution in [0.1, 0.15) is 12.8 Å². The van der Waals surface area contributed by atoms with Crippen LogP contribution in [0.15, 0.2) is 34.9 Å². The standard InChI is InChI=1S/C15H17N3O3/c1-2-4-12(5-3-1)13-16-14(21-17-13)18-8-6-15(7-9-18)19-10-11-20-15/h1-5H,6-11H2. The van der Waals surface area contributed by atoms with Crippen LogP contribution in [-0.4, -0.2) is 42.2 Å². The van der Waals surface area contributed by atoms with Crippen molar-refractivity contribution in [3.63, 3.8) is 0 Å². The molecule has 3 heterocycles. The zero-order chi connectivity index (χ0) is 14.1. The molecule has 0 atom stereocenters. The summed E-state index contributed by atoms with van der Waals surface area (Å²) in [5, 5.41) is 4.06. The van der Waals surface area contributed by atoms with E-state index in [0.29, 0.717) is 25.1 Å². The average molecular weight is 287 g/mol. The molecule has 1 spiro atoms. The van der Waals surface area contributed by atoms with Gasteiger partial charge in [0.15, 0.2) is 5.79 Å². The molecule has 0 aliphatic carbocycles. The van der Waals surface area contributed by atoms with E-state index < -0.39 is 0 Å². The van der Waals surface area contributed by atoms with Crippen molar-refractivity contribution in [2.45, 2.75) is 18.6 Å². The minimum Gasteiger partial charge on any atom is -0.347 e. The summed E-state index contributed by atoms with van der Waals surface area (Å²) >= 11 is 0. The lowest BCUT2D eigenvalue weighted by molar-refractivity contribution is -0.169. The van der Waals surface area contributed by atoms with Crippen LogP contribution in [0.3, 0.4) is 0 Å². The molecule has 6 nitrogen and oxygen atoms in total. The summed E-state index contributed by atoms with van der Waals surface area (Å²) in [6, 6.07) is 10.4. The molecule has 0 saturated carbocycles. The van der Waals surface area contributed by atoms with Gasteiger partial charge >= 0.3 is 6.01 Å². The van der Waals surface area contributed by atoms with Gasteiger partial charge in [-0.3, -0.25) is 0 Å². The summed E-state index contributed by atoms with van der Waals surface area (Å²) in [5.74, 6) is 0.248. The minimum atomic E-state index is -0.376. The molecule has 6 heteroatoms. The highest BCUT2D eigenvalue weighted by Crippen LogP contribution is 2.33. The maximum Gasteiger partial charge on any atom is 0.324 e. The van der Waals surface area contributed by atoms with E-state index in [1.54, 1.807) is 0 Å². The van der Waals surface area contributed by atoms with Crippen molar-refractivity contribution in [1.29, 1.82) is 0 Å². The summed E-state index contributed by atoms with van der Waals surface area (Å²) in [6.45, 7) is 2.99. The molecule has 2 fully saturated rings. The van der Waals surface area contributed by atoms with Gasteiger partial charge in [-0.15, -0.1) is 0 Å². The molecular formula is C15H17N3O3. The van der Waals surface area contributed by atoms with Crippen molar-refractivity contribution in [2.75, 3.05) is 31.2 Å². The van der Waals surface area contributed by atoms with E-state index in [9.17, 15) is 0 Å². The second-order valence-electron chi connectivity index (χ2n) is 5.36. The lowest BCUT2D eigenvalue weighted by Gasteiger charge is -2.36. The predicted molar refractivity (Wildman–Crippen MR) is 75.8 cm³/mol. The van der Waals surface area contributed by atoms with Crippen molar-refractivity contribution in [2.24, 2.45) is 0 Å². The fourth-order valence-corrected chi connectivity index (χ4v) is 2.87. The first kappa shape index (κ1) is 12.8. The summed E-state index contributed by atoms with van der Waals surface area (Å²) < 4.78 is 16.8. The summed E-state index contributed by atoms with van der Waals surface area (Å²) in [4.78, 5) is 6.58. The van der Waals surface area contributed by atoms with E-state index >= 15 is 0 Å². The molecule has 0 radical (unpaired) electrons. The molecule has 1 aromatic carbocycles. The molecule has 2 aliphatic heterocycles. The third kappa shape index (κ3) is 2.41. The number of hydrogen-bond acceptors (Lipinski definition) is 6. The van der Waals surface area contributed by atoms with Crippen LogP contribution in [0.5, 0.6) is 0 Å². The molecule has 0 N–H and O–H groups in total. The van der Waals surface area contributed by atoms with Crippen molar-refractivity contribution in [3.8, 4) is 11.4 Å². The molecule has 1 aromatic heterocycles. The van der Waals surface area contributed by atoms with Gasteiger partial charge in [-0.1, -0.05) is 35.5 Å². The van der Waals surface area contributed by atoms with Crippen molar-refractivity contribution in [3.05, 3.63) is 30.3 Å². The Morgan fingerprint density at radius 3 is 2.43 bits per heavy atom. The Balaban J connectivity index is 1.47. The number of aromatic nitrogens is 2. The van der Waals surface area contributed by atoms with Crippen LogP contribution >= 0.6 is 0 Å². The van der Waals surface area contributed by atoms with Crippen LogP contribution in [0.25, 0.3) is 11.4 Å². The van der Waals surface area contributed by atoms with Crippen LogP contribution in [0, 0.1) is 0 Å². The van der Waals surface area contributed by atoms with Gasteiger partial charge in [-0.05, 0) is 0 Å². The van der Waals surface area contributed by atoms with Gasteiger partial charge in [-0.25, -0.2) is 0 Å². The fraction of sp³-hybridized carbons (Fsp3) is 0.467. The molecule has 2 aromatic rings. The first-order valence-electron chi connectivity index (χ1n) is 7.27. The zero-order valence-corrected chi connectivity index (χ0v) is 11.7. The van der Waals surface area contributed by atoms with Gasteiger partial charge in [0.05, 0.1) is 13.2 Å². The number of rotatable bonds is 2. The molecule has 0 bridgehead atoms. The number of ether oxygens (including phenoxy) is 2. The molecular weight excluding hydrogens is 270 g/mol. The number of anilines is 1. The molecule has 110 valence electrons. The highest BCUT2D eigenvalue weighted by Gasteiger charge is 2.40. The van der Waals surface area contributed by atoms with E-state index in [-0.39, 0.29) is 5.79 Å². The monoisotopic (exact) mass is 287 g/mol. The summed E-state index contributed by atoms with van der Waals surface area (Å²) in [6.07, 6.45) is 1.66. The lowest BCUT2D eigenvalue weighted by Crippen LogP contribution is -2.45. The normalized spacial score (nSPS) is 21.0. The summed E-state index contributed by atoms with van der Waals surface area (Å²) in [7, 11) is 0. The Morgan fingerprint density at radius 2 is 1.71 bits per heavy atom. The van der Waals surface area contributed by atoms with E-state index in [1.165, 1.54) is 0 Å². The Hall–Kier alpha value is -1.92. The molecule has 2 aliphatic rings. The van der Waals surface area contributed by atoms with Gasteiger partial charge in [0.2, 0.25) is 5.82 Å². The Bertz CT molecular complexity index is 598. The van der Waals surface area contributed by atoms with Crippen molar-refractivity contribution in [1.82, 2.24) is 10.1 Å². The number of benzene rings is 1. The molecule has 2 saturated heterocycles. The van der Waals surface area contributed by atoms with Gasteiger partial charge in [-0.2, -0.15) is 4.98 Å². The Morgan fingerprint density at radius 1 is 1.00 bits per heavy atom. The molecule has 0 amide bonds. The van der Waals surface area contributed by atoms with Crippen molar-refractivity contribution >= 4 is 6.01 Å². The van der Waals surface area contributed by atoms with Gasteiger partial charge < -0.3 is 18.9 Å². The first-order chi connectivity index (χ1) is 10.3. The largest absolute Gasteiger partial charge is 0.347 e. The third-order valence-corrected chi connectivity index (χ3v) is 4.06. The number of nitrogens with zero attached hydrogens (tertiary/aromatic N) is 3. The van der Waals surface area contributed by atoms with E-state index in [4.69, 9.17) is 14.0 Å². The SMILES string of the molecule is c1ccc(-c2noc(N3CCC4(CC3)OCCO4)n2)cc1. The van der Waals surface area contributed by atoms with E-state index in [2.05, 4.69) is 15.0 Å². The highest BCUT2D eigenvalue weighted by molar-refractivity contribution is 5.55. The Kier molecular flexibility index (Phi) is 3.12. The second kappa shape index (κ2) is 5.13. The number of hydrogen-bond donors (Lipinski definition) is 0. The minimum absolute atomic E-state index is 0.376. The second-order valence-corrected chi connectivity index (χ2v) is 5.36. The van der Waals surface area contributed by atoms with Gasteiger partial charge in [0.1, 0.15) is 0 Å². The smallest absolute Gasteiger partial charge is 0.324 e.